The summed E-state index contributed by atoms with van der Waals surface area (Å²) in [6.45, 7) is 6.39. The van der Waals surface area contributed by atoms with E-state index in [4.69, 9.17) is 0 Å². The van der Waals surface area contributed by atoms with Crippen LogP contribution in [0.3, 0.4) is 0 Å². The van der Waals surface area contributed by atoms with Gasteiger partial charge in [-0.15, -0.1) is 22.7 Å². The molecule has 2 aromatic heterocycles. The summed E-state index contributed by atoms with van der Waals surface area (Å²) >= 11 is 3.41. The van der Waals surface area contributed by atoms with E-state index in [2.05, 4.69) is 53.5 Å². The van der Waals surface area contributed by atoms with Gasteiger partial charge in [0.25, 0.3) is 0 Å². The van der Waals surface area contributed by atoms with Gasteiger partial charge in [0.05, 0.1) is 15.6 Å². The van der Waals surface area contributed by atoms with Crippen LogP contribution in [0.15, 0.2) is 11.6 Å². The Morgan fingerprint density at radius 1 is 1.35 bits per heavy atom. The number of nitrogens with one attached hydrogen (secondary N) is 1. The zero-order valence-corrected chi connectivity index (χ0v) is 14.1. The van der Waals surface area contributed by atoms with Gasteiger partial charge in [-0.2, -0.15) is 0 Å². The lowest BCUT2D eigenvalue weighted by atomic mass is 10.2. The summed E-state index contributed by atoms with van der Waals surface area (Å²) < 4.78 is 0. The molecule has 2 aromatic rings. The summed E-state index contributed by atoms with van der Waals surface area (Å²) in [6.07, 6.45) is 2.94. The molecule has 0 radical (unpaired) electrons. The lowest BCUT2D eigenvalue weighted by molar-refractivity contribution is 0.413. The van der Waals surface area contributed by atoms with E-state index in [-0.39, 0.29) is 0 Å². The smallest absolute Gasteiger partial charge is 0.183 e. The van der Waals surface area contributed by atoms with Gasteiger partial charge in [-0.25, -0.2) is 9.97 Å². The van der Waals surface area contributed by atoms with Crippen molar-refractivity contribution in [2.24, 2.45) is 5.92 Å². The molecule has 6 heteroatoms. The van der Waals surface area contributed by atoms with E-state index in [1.54, 1.807) is 22.7 Å². The fourth-order valence-corrected chi connectivity index (χ4v) is 3.29. The van der Waals surface area contributed by atoms with Crippen molar-refractivity contribution >= 4 is 27.8 Å². The molecular weight excluding hydrogens is 288 g/mol. The van der Waals surface area contributed by atoms with Crippen LogP contribution in [0.2, 0.25) is 0 Å². The third-order valence-corrected chi connectivity index (χ3v) is 4.62. The van der Waals surface area contributed by atoms with Crippen molar-refractivity contribution in [2.45, 2.75) is 20.3 Å². The first-order valence-electron chi connectivity index (χ1n) is 6.84. The Morgan fingerprint density at radius 3 is 2.85 bits per heavy atom. The highest BCUT2D eigenvalue weighted by Gasteiger charge is 2.09. The molecule has 0 atom stereocenters. The normalized spacial score (nSPS) is 11.5. The zero-order chi connectivity index (χ0) is 14.5. The van der Waals surface area contributed by atoms with Crippen molar-refractivity contribution in [1.29, 1.82) is 0 Å². The highest BCUT2D eigenvalue weighted by Crippen LogP contribution is 2.29. The lowest BCUT2D eigenvalue weighted by Gasteiger charge is -2.06. The number of likely N-dealkylation sites (N-methyl/N-ethyl adjacent to an activating group) is 1. The summed E-state index contributed by atoms with van der Waals surface area (Å²) in [5, 5.41) is 7.65. The van der Waals surface area contributed by atoms with E-state index >= 15 is 0 Å². The highest BCUT2D eigenvalue weighted by atomic mass is 32.1. The summed E-state index contributed by atoms with van der Waals surface area (Å²) in [7, 11) is 4.17. The van der Waals surface area contributed by atoms with E-state index in [0.717, 1.165) is 35.2 Å². The monoisotopic (exact) mass is 310 g/mol. The third kappa shape index (κ3) is 4.54. The number of hydrogen-bond donors (Lipinski definition) is 1. The second-order valence-electron chi connectivity index (χ2n) is 5.48. The minimum absolute atomic E-state index is 0.628. The standard InChI is InChI=1S/C14H22N4S2/c1-10(2)7-16-14-17-11(9-19-14)12-8-15-13(20-12)5-6-18(3)4/h8-10H,5-7H2,1-4H3,(H,16,17). The number of aromatic nitrogens is 2. The van der Waals surface area contributed by atoms with Crippen LogP contribution in [0.25, 0.3) is 10.6 Å². The number of rotatable bonds is 7. The van der Waals surface area contributed by atoms with Crippen molar-refractivity contribution in [3.05, 3.63) is 16.6 Å². The molecule has 0 fully saturated rings. The molecular formula is C14H22N4S2. The molecule has 20 heavy (non-hydrogen) atoms. The zero-order valence-electron chi connectivity index (χ0n) is 12.5. The van der Waals surface area contributed by atoms with Gasteiger partial charge in [-0.05, 0) is 20.0 Å². The Bertz CT molecular complexity index is 483. The molecule has 0 bridgehead atoms. The largest absolute Gasteiger partial charge is 0.361 e. The maximum atomic E-state index is 4.63. The van der Waals surface area contributed by atoms with Gasteiger partial charge < -0.3 is 10.2 Å². The van der Waals surface area contributed by atoms with Crippen LogP contribution in [0.5, 0.6) is 0 Å². The molecule has 4 nitrogen and oxygen atoms in total. The Hall–Kier alpha value is -0.980. The average Bonchev–Trinajstić information content (AvgIpc) is 3.02. The third-order valence-electron chi connectivity index (χ3n) is 2.74. The van der Waals surface area contributed by atoms with E-state index in [0.29, 0.717) is 5.92 Å². The van der Waals surface area contributed by atoms with Gasteiger partial charge in [0.1, 0.15) is 0 Å². The second-order valence-corrected chi connectivity index (χ2v) is 7.46. The van der Waals surface area contributed by atoms with Crippen molar-refractivity contribution in [3.8, 4) is 10.6 Å². The molecule has 0 aliphatic carbocycles. The molecule has 0 unspecified atom stereocenters. The fourth-order valence-electron chi connectivity index (χ4n) is 1.62. The molecule has 0 saturated heterocycles. The Morgan fingerprint density at radius 2 is 2.15 bits per heavy atom. The van der Waals surface area contributed by atoms with Gasteiger partial charge in [0.15, 0.2) is 5.13 Å². The van der Waals surface area contributed by atoms with Crippen LogP contribution in [0, 0.1) is 5.92 Å². The first kappa shape index (κ1) is 15.4. The minimum atomic E-state index is 0.628. The molecule has 0 saturated carbocycles. The molecule has 1 N–H and O–H groups in total. The van der Waals surface area contributed by atoms with Crippen molar-refractivity contribution in [2.75, 3.05) is 32.5 Å². The van der Waals surface area contributed by atoms with Crippen LogP contribution in [0.1, 0.15) is 18.9 Å². The lowest BCUT2D eigenvalue weighted by Crippen LogP contribution is -2.14. The van der Waals surface area contributed by atoms with Crippen LogP contribution in [-0.4, -0.2) is 42.1 Å². The predicted molar refractivity (Wildman–Crippen MR) is 88.8 cm³/mol. The van der Waals surface area contributed by atoms with Gasteiger partial charge in [-0.1, -0.05) is 13.8 Å². The van der Waals surface area contributed by atoms with E-state index in [1.165, 1.54) is 5.01 Å². The minimum Gasteiger partial charge on any atom is -0.361 e. The van der Waals surface area contributed by atoms with Crippen LogP contribution < -0.4 is 5.32 Å². The predicted octanol–water partition coefficient (Wildman–Crippen LogP) is 3.44. The SMILES string of the molecule is CC(C)CNc1nc(-c2cnc(CCN(C)C)s2)cs1. The van der Waals surface area contributed by atoms with Gasteiger partial charge in [0, 0.05) is 31.1 Å². The molecule has 0 amide bonds. The van der Waals surface area contributed by atoms with Crippen LogP contribution in [0.4, 0.5) is 5.13 Å². The first-order valence-corrected chi connectivity index (χ1v) is 8.53. The Kier molecular flexibility index (Phi) is 5.51. The van der Waals surface area contributed by atoms with E-state index in [9.17, 15) is 0 Å². The quantitative estimate of drug-likeness (QED) is 0.850. The number of nitrogens with zero attached hydrogens (tertiary/aromatic N) is 3. The van der Waals surface area contributed by atoms with Gasteiger partial charge in [-0.3, -0.25) is 0 Å². The van der Waals surface area contributed by atoms with Crippen molar-refractivity contribution in [1.82, 2.24) is 14.9 Å². The summed E-state index contributed by atoms with van der Waals surface area (Å²) in [4.78, 5) is 12.5. The highest BCUT2D eigenvalue weighted by molar-refractivity contribution is 7.16. The second kappa shape index (κ2) is 7.15. The van der Waals surface area contributed by atoms with E-state index in [1.807, 2.05) is 6.20 Å². The maximum Gasteiger partial charge on any atom is 0.183 e. The van der Waals surface area contributed by atoms with Gasteiger partial charge in [0.2, 0.25) is 0 Å². The van der Waals surface area contributed by atoms with Crippen molar-refractivity contribution in [3.63, 3.8) is 0 Å². The number of hydrogen-bond acceptors (Lipinski definition) is 6. The number of anilines is 1. The Labute approximate surface area is 128 Å². The molecule has 2 heterocycles. The number of thiazole rings is 2. The fraction of sp³-hybridized carbons (Fsp3) is 0.571. The van der Waals surface area contributed by atoms with Crippen LogP contribution in [-0.2, 0) is 6.42 Å². The first-order chi connectivity index (χ1) is 9.54. The maximum absolute atomic E-state index is 4.63. The Balaban J connectivity index is 1.97. The van der Waals surface area contributed by atoms with E-state index < -0.39 is 0 Å². The molecule has 0 aliphatic rings. The van der Waals surface area contributed by atoms with Crippen LogP contribution >= 0.6 is 22.7 Å². The summed E-state index contributed by atoms with van der Waals surface area (Å²) in [5.41, 5.74) is 1.04. The molecule has 110 valence electrons. The summed E-state index contributed by atoms with van der Waals surface area (Å²) in [5.74, 6) is 0.628. The van der Waals surface area contributed by atoms with Crippen molar-refractivity contribution < 1.29 is 0 Å². The summed E-state index contributed by atoms with van der Waals surface area (Å²) in [6, 6.07) is 0. The topological polar surface area (TPSA) is 41.1 Å². The molecule has 0 aliphatic heterocycles. The molecule has 0 aromatic carbocycles. The molecule has 2 rings (SSSR count). The van der Waals surface area contributed by atoms with Gasteiger partial charge >= 0.3 is 0 Å². The average molecular weight is 310 g/mol. The molecule has 0 spiro atoms.